The summed E-state index contributed by atoms with van der Waals surface area (Å²) in [5, 5.41) is 0. The fraction of sp³-hybridized carbons (Fsp3) is 0. The van der Waals surface area contributed by atoms with Crippen molar-refractivity contribution in [1.82, 2.24) is 4.98 Å². The lowest BCUT2D eigenvalue weighted by Crippen LogP contribution is -1.97. The molecule has 1 heterocycles. The van der Waals surface area contributed by atoms with Gasteiger partial charge in [0, 0.05) is 6.07 Å². The highest BCUT2D eigenvalue weighted by Crippen LogP contribution is 2.19. The average Bonchev–Trinajstić information content (AvgIpc) is 1.82. The summed E-state index contributed by atoms with van der Waals surface area (Å²) < 4.78 is 24.7. The van der Waals surface area contributed by atoms with Crippen LogP contribution in [0, 0.1) is 11.8 Å². The predicted octanol–water partition coefficient (Wildman–Crippen LogP) is 1.70. The number of aromatic nitrogens is 1. The molecule has 10 heavy (non-hydrogen) atoms. The van der Waals surface area contributed by atoms with Gasteiger partial charge in [-0.05, 0) is 15.9 Å². The summed E-state index contributed by atoms with van der Waals surface area (Å²) in [6.45, 7) is 0. The highest BCUT2D eigenvalue weighted by atomic mass is 79.9. The quantitative estimate of drug-likeness (QED) is 0.660. The van der Waals surface area contributed by atoms with Crippen LogP contribution in [0.15, 0.2) is 10.5 Å². The molecule has 0 aliphatic heterocycles. The van der Waals surface area contributed by atoms with E-state index in [9.17, 15) is 8.78 Å². The van der Waals surface area contributed by atoms with Gasteiger partial charge in [-0.1, -0.05) is 0 Å². The first kappa shape index (κ1) is 7.40. The molecule has 54 valence electrons. The topological polar surface area (TPSA) is 38.9 Å². The molecule has 0 radical (unpaired) electrons. The molecule has 1 rings (SSSR count). The second-order valence-electron chi connectivity index (χ2n) is 1.63. The maximum absolute atomic E-state index is 12.5. The zero-order valence-electron chi connectivity index (χ0n) is 4.74. The van der Waals surface area contributed by atoms with Gasteiger partial charge >= 0.3 is 0 Å². The van der Waals surface area contributed by atoms with Gasteiger partial charge < -0.3 is 5.73 Å². The Morgan fingerprint density at radius 2 is 2.10 bits per heavy atom. The Balaban J connectivity index is 3.31. The molecule has 1 aromatic heterocycles. The van der Waals surface area contributed by atoms with Crippen molar-refractivity contribution >= 4 is 21.7 Å². The number of pyridine rings is 1. The highest BCUT2D eigenvalue weighted by Gasteiger charge is 2.06. The van der Waals surface area contributed by atoms with Crippen molar-refractivity contribution in [1.29, 1.82) is 0 Å². The number of hydrogen-bond donors (Lipinski definition) is 1. The molecule has 0 amide bonds. The van der Waals surface area contributed by atoms with Gasteiger partial charge in [-0.2, -0.15) is 9.37 Å². The van der Waals surface area contributed by atoms with E-state index >= 15 is 0 Å². The van der Waals surface area contributed by atoms with Gasteiger partial charge in [-0.25, -0.2) is 4.39 Å². The number of nitrogens with zero attached hydrogens (tertiary/aromatic N) is 1. The molecule has 1 aromatic rings. The minimum absolute atomic E-state index is 0.0162. The minimum Gasteiger partial charge on any atom is -0.381 e. The SMILES string of the molecule is Nc1nc(F)cc(Br)c1F. The monoisotopic (exact) mass is 208 g/mol. The second kappa shape index (κ2) is 2.49. The molecule has 2 N–H and O–H groups in total. The van der Waals surface area contributed by atoms with Crippen LogP contribution in [0.4, 0.5) is 14.6 Å². The summed E-state index contributed by atoms with van der Waals surface area (Å²) >= 11 is 2.76. The van der Waals surface area contributed by atoms with Crippen LogP contribution in [0.3, 0.4) is 0 Å². The number of rotatable bonds is 0. The van der Waals surface area contributed by atoms with Crippen molar-refractivity contribution in [3.63, 3.8) is 0 Å². The molecule has 5 heteroatoms. The van der Waals surface area contributed by atoms with Crippen molar-refractivity contribution in [2.75, 3.05) is 5.73 Å². The smallest absolute Gasteiger partial charge is 0.216 e. The summed E-state index contributed by atoms with van der Waals surface area (Å²) in [4.78, 5) is 3.04. The van der Waals surface area contributed by atoms with Gasteiger partial charge in [0.2, 0.25) is 5.95 Å². The summed E-state index contributed by atoms with van der Waals surface area (Å²) in [6.07, 6.45) is 0. The van der Waals surface area contributed by atoms with E-state index in [0.717, 1.165) is 6.07 Å². The highest BCUT2D eigenvalue weighted by molar-refractivity contribution is 9.10. The number of anilines is 1. The van der Waals surface area contributed by atoms with Crippen molar-refractivity contribution in [3.8, 4) is 0 Å². The lowest BCUT2D eigenvalue weighted by atomic mass is 10.4. The second-order valence-corrected chi connectivity index (χ2v) is 2.48. The largest absolute Gasteiger partial charge is 0.381 e. The van der Waals surface area contributed by atoms with Gasteiger partial charge in [0.25, 0.3) is 0 Å². The van der Waals surface area contributed by atoms with E-state index < -0.39 is 17.6 Å². The van der Waals surface area contributed by atoms with Gasteiger partial charge in [0.05, 0.1) is 4.47 Å². The lowest BCUT2D eigenvalue weighted by molar-refractivity contribution is 0.561. The van der Waals surface area contributed by atoms with Crippen molar-refractivity contribution < 1.29 is 8.78 Å². The van der Waals surface area contributed by atoms with Gasteiger partial charge in [0.15, 0.2) is 11.6 Å². The van der Waals surface area contributed by atoms with Crippen LogP contribution in [0.5, 0.6) is 0 Å². The van der Waals surface area contributed by atoms with E-state index in [-0.39, 0.29) is 4.47 Å². The maximum Gasteiger partial charge on any atom is 0.216 e. The third-order valence-corrected chi connectivity index (χ3v) is 1.48. The number of nitrogen functional groups attached to an aromatic ring is 1. The Labute approximate surface area is 64.2 Å². The van der Waals surface area contributed by atoms with Crippen molar-refractivity contribution in [2.45, 2.75) is 0 Å². The van der Waals surface area contributed by atoms with E-state index in [2.05, 4.69) is 20.9 Å². The standard InChI is InChI=1S/C5H3BrF2N2/c6-2-1-3(7)10-5(9)4(2)8/h1H,(H2,9,10). The fourth-order valence-electron chi connectivity index (χ4n) is 0.487. The molecule has 0 aromatic carbocycles. The molecule has 0 aliphatic carbocycles. The Bertz CT molecular complexity index is 241. The predicted molar refractivity (Wildman–Crippen MR) is 36.3 cm³/mol. The summed E-state index contributed by atoms with van der Waals surface area (Å²) in [7, 11) is 0. The van der Waals surface area contributed by atoms with E-state index in [1.165, 1.54) is 0 Å². The van der Waals surface area contributed by atoms with E-state index in [1.807, 2.05) is 0 Å². The summed E-state index contributed by atoms with van der Waals surface area (Å²) in [5.41, 5.74) is 4.97. The summed E-state index contributed by atoms with van der Waals surface area (Å²) in [6, 6.07) is 0.908. The molecule has 0 saturated heterocycles. The zero-order valence-corrected chi connectivity index (χ0v) is 6.32. The van der Waals surface area contributed by atoms with Gasteiger partial charge in [0.1, 0.15) is 0 Å². The van der Waals surface area contributed by atoms with Crippen LogP contribution < -0.4 is 5.73 Å². The molecule has 0 fully saturated rings. The molecule has 0 aliphatic rings. The first-order valence-corrected chi connectivity index (χ1v) is 3.17. The Kier molecular flexibility index (Phi) is 1.85. The van der Waals surface area contributed by atoms with Crippen LogP contribution in [-0.4, -0.2) is 4.98 Å². The molecule has 0 bridgehead atoms. The van der Waals surface area contributed by atoms with E-state index in [1.54, 1.807) is 0 Å². The number of hydrogen-bond acceptors (Lipinski definition) is 2. The first-order chi connectivity index (χ1) is 4.61. The molecular formula is C5H3BrF2N2. The normalized spacial score (nSPS) is 9.90. The number of halogens is 3. The molecule has 0 unspecified atom stereocenters. The zero-order chi connectivity index (χ0) is 7.72. The van der Waals surface area contributed by atoms with Crippen molar-refractivity contribution in [2.24, 2.45) is 0 Å². The van der Waals surface area contributed by atoms with Crippen LogP contribution >= 0.6 is 15.9 Å². The Morgan fingerprint density at radius 1 is 1.50 bits per heavy atom. The van der Waals surface area contributed by atoms with Gasteiger partial charge in [-0.3, -0.25) is 0 Å². The molecule has 0 atom stereocenters. The van der Waals surface area contributed by atoms with E-state index in [4.69, 9.17) is 5.73 Å². The third kappa shape index (κ3) is 1.23. The van der Waals surface area contributed by atoms with Gasteiger partial charge in [-0.15, -0.1) is 0 Å². The maximum atomic E-state index is 12.5. The molecular weight excluding hydrogens is 206 g/mol. The third-order valence-electron chi connectivity index (χ3n) is 0.908. The van der Waals surface area contributed by atoms with Crippen LogP contribution in [0.25, 0.3) is 0 Å². The average molecular weight is 209 g/mol. The lowest BCUT2D eigenvalue weighted by Gasteiger charge is -1.96. The number of nitrogens with two attached hydrogens (primary N) is 1. The van der Waals surface area contributed by atoms with E-state index in [0.29, 0.717) is 0 Å². The van der Waals surface area contributed by atoms with Crippen LogP contribution in [0.1, 0.15) is 0 Å². The van der Waals surface area contributed by atoms with Crippen LogP contribution in [0.2, 0.25) is 0 Å². The summed E-state index contributed by atoms with van der Waals surface area (Å²) in [5.74, 6) is -1.97. The van der Waals surface area contributed by atoms with Crippen LogP contribution in [-0.2, 0) is 0 Å². The molecule has 0 saturated carbocycles. The Hall–Kier alpha value is -0.710. The molecule has 0 spiro atoms. The van der Waals surface area contributed by atoms with Crippen molar-refractivity contribution in [3.05, 3.63) is 22.3 Å². The Morgan fingerprint density at radius 3 is 2.60 bits per heavy atom. The first-order valence-electron chi connectivity index (χ1n) is 2.38. The molecule has 2 nitrogen and oxygen atoms in total. The minimum atomic E-state index is -0.800. The fourth-order valence-corrected chi connectivity index (χ4v) is 0.879.